The second-order valence-electron chi connectivity index (χ2n) is 5.93. The van der Waals surface area contributed by atoms with E-state index in [1.807, 2.05) is 0 Å². The van der Waals surface area contributed by atoms with E-state index in [-0.39, 0.29) is 29.3 Å². The Labute approximate surface area is 160 Å². The van der Waals surface area contributed by atoms with Crippen LogP contribution in [0.5, 0.6) is 5.75 Å². The van der Waals surface area contributed by atoms with Crippen molar-refractivity contribution in [3.63, 3.8) is 0 Å². The molecule has 0 radical (unpaired) electrons. The Morgan fingerprint density at radius 3 is 2.57 bits per heavy atom. The molecule has 0 fully saturated rings. The average Bonchev–Trinajstić information content (AvgIpc) is 3.01. The third-order valence-corrected chi connectivity index (χ3v) is 4.24. The van der Waals surface area contributed by atoms with Crippen molar-refractivity contribution in [1.29, 1.82) is 0 Å². The highest BCUT2D eigenvalue weighted by atomic mass is 19.1. The maximum absolute atomic E-state index is 13.8. The van der Waals surface area contributed by atoms with E-state index in [9.17, 15) is 14.0 Å². The molecule has 0 bridgehead atoms. The molecular formula is C20H17FN4O3. The van der Waals surface area contributed by atoms with Crippen LogP contribution in [0.25, 0.3) is 11.2 Å². The molecule has 0 saturated carbocycles. The maximum atomic E-state index is 13.8. The summed E-state index contributed by atoms with van der Waals surface area (Å²) in [7, 11) is 4.55. The molecule has 3 rings (SSSR count). The number of hydrogen-bond donors (Lipinski definition) is 0. The van der Waals surface area contributed by atoms with Gasteiger partial charge in [-0.2, -0.15) is 0 Å². The van der Waals surface area contributed by atoms with Crippen LogP contribution < -0.4 is 16.0 Å². The molecular weight excluding hydrogens is 363 g/mol. The van der Waals surface area contributed by atoms with Gasteiger partial charge in [0.25, 0.3) is 5.56 Å². The lowest BCUT2D eigenvalue weighted by atomic mass is 10.2. The average molecular weight is 380 g/mol. The highest BCUT2D eigenvalue weighted by Gasteiger charge is 2.17. The Kier molecular flexibility index (Phi) is 5.06. The molecule has 0 unspecified atom stereocenters. The molecule has 3 aromatic rings. The molecule has 2 heterocycles. The molecule has 8 heteroatoms. The van der Waals surface area contributed by atoms with E-state index < -0.39 is 17.1 Å². The fourth-order valence-electron chi connectivity index (χ4n) is 2.73. The van der Waals surface area contributed by atoms with Crippen molar-refractivity contribution in [1.82, 2.24) is 18.7 Å². The van der Waals surface area contributed by atoms with Gasteiger partial charge in [-0.1, -0.05) is 11.8 Å². The Hall–Kier alpha value is -3.78. The summed E-state index contributed by atoms with van der Waals surface area (Å²) in [5, 5.41) is 0. The normalized spacial score (nSPS) is 10.2. The zero-order valence-electron chi connectivity index (χ0n) is 15.8. The van der Waals surface area contributed by atoms with Crippen LogP contribution in [0.4, 0.5) is 4.39 Å². The number of ether oxygens (including phenoxy) is 1. The van der Waals surface area contributed by atoms with Gasteiger partial charge in [-0.25, -0.2) is 18.7 Å². The topological polar surface area (TPSA) is 71.1 Å². The van der Waals surface area contributed by atoms with Gasteiger partial charge in [-0.3, -0.25) is 9.36 Å². The quantitative estimate of drug-likeness (QED) is 0.622. The summed E-state index contributed by atoms with van der Waals surface area (Å²) in [5.41, 5.74) is -0.0991. The second-order valence-corrected chi connectivity index (χ2v) is 5.93. The van der Waals surface area contributed by atoms with Crippen molar-refractivity contribution in [2.24, 2.45) is 14.1 Å². The van der Waals surface area contributed by atoms with Gasteiger partial charge in [0.05, 0.1) is 13.7 Å². The van der Waals surface area contributed by atoms with Crippen LogP contribution in [0.1, 0.15) is 18.3 Å². The molecule has 0 aliphatic carbocycles. The van der Waals surface area contributed by atoms with Gasteiger partial charge in [0, 0.05) is 19.7 Å². The summed E-state index contributed by atoms with van der Waals surface area (Å²) < 4.78 is 22.5. The van der Waals surface area contributed by atoms with Crippen LogP contribution in [-0.2, 0) is 20.6 Å². The molecule has 0 spiro atoms. The summed E-state index contributed by atoms with van der Waals surface area (Å²) in [6, 6.07) is 4.34. The standard InChI is InChI=1S/C20H17FN4O3/c1-5-6-11-25-19(26)17-18(24(3)20(25)27)22-16(23(17)2)10-8-13-7-9-15(28-4)14(21)12-13/h7,9,12H,11H2,1-4H3. The number of nitrogens with zero attached hydrogens (tertiary/aromatic N) is 4. The SMILES string of the molecule is CC#CCn1c(=O)c2c(nc(C#Cc3ccc(OC)c(F)c3)n2C)n(C)c1=O. The Morgan fingerprint density at radius 1 is 1.18 bits per heavy atom. The van der Waals surface area contributed by atoms with Gasteiger partial charge in [0.1, 0.15) is 0 Å². The number of imidazole rings is 1. The summed E-state index contributed by atoms with van der Waals surface area (Å²) in [4.78, 5) is 29.5. The predicted molar refractivity (Wildman–Crippen MR) is 103 cm³/mol. The lowest BCUT2D eigenvalue weighted by Crippen LogP contribution is -2.39. The smallest absolute Gasteiger partial charge is 0.333 e. The number of rotatable bonds is 2. The van der Waals surface area contributed by atoms with E-state index in [1.54, 1.807) is 20.0 Å². The van der Waals surface area contributed by atoms with Crippen molar-refractivity contribution < 1.29 is 9.13 Å². The van der Waals surface area contributed by atoms with Crippen molar-refractivity contribution in [3.8, 4) is 29.4 Å². The van der Waals surface area contributed by atoms with Gasteiger partial charge < -0.3 is 9.30 Å². The van der Waals surface area contributed by atoms with Crippen LogP contribution >= 0.6 is 0 Å². The minimum Gasteiger partial charge on any atom is -0.494 e. The van der Waals surface area contributed by atoms with Crippen molar-refractivity contribution in [2.45, 2.75) is 13.5 Å². The molecule has 0 N–H and O–H groups in total. The summed E-state index contributed by atoms with van der Waals surface area (Å²) in [6.45, 7) is 1.63. The highest BCUT2D eigenvalue weighted by Crippen LogP contribution is 2.17. The Morgan fingerprint density at radius 2 is 1.93 bits per heavy atom. The maximum Gasteiger partial charge on any atom is 0.333 e. The van der Waals surface area contributed by atoms with E-state index in [0.717, 1.165) is 4.57 Å². The van der Waals surface area contributed by atoms with Crippen molar-refractivity contribution >= 4 is 11.2 Å². The van der Waals surface area contributed by atoms with Gasteiger partial charge in [-0.05, 0) is 31.0 Å². The van der Waals surface area contributed by atoms with Crippen LogP contribution in [-0.4, -0.2) is 25.8 Å². The molecule has 28 heavy (non-hydrogen) atoms. The minimum absolute atomic E-state index is 0.00470. The molecule has 0 atom stereocenters. The molecule has 0 amide bonds. The third-order valence-electron chi connectivity index (χ3n) is 4.24. The zero-order valence-corrected chi connectivity index (χ0v) is 15.8. The lowest BCUT2D eigenvalue weighted by molar-refractivity contribution is 0.386. The minimum atomic E-state index is -0.526. The first kappa shape index (κ1) is 19.0. The third kappa shape index (κ3) is 3.17. The molecule has 0 saturated heterocycles. The lowest BCUT2D eigenvalue weighted by Gasteiger charge is -2.05. The highest BCUT2D eigenvalue weighted by molar-refractivity contribution is 5.72. The number of hydrogen-bond acceptors (Lipinski definition) is 4. The Bertz CT molecular complexity index is 1320. The van der Waals surface area contributed by atoms with E-state index in [4.69, 9.17) is 4.74 Å². The monoisotopic (exact) mass is 380 g/mol. The molecule has 7 nitrogen and oxygen atoms in total. The van der Waals surface area contributed by atoms with E-state index in [0.29, 0.717) is 5.56 Å². The number of fused-ring (bicyclic) bond motifs is 1. The van der Waals surface area contributed by atoms with E-state index >= 15 is 0 Å². The van der Waals surface area contributed by atoms with Gasteiger partial charge in [0.15, 0.2) is 28.6 Å². The summed E-state index contributed by atoms with van der Waals surface area (Å²) >= 11 is 0. The predicted octanol–water partition coefficient (Wildman–Crippen LogP) is 1.00. The van der Waals surface area contributed by atoms with Crippen molar-refractivity contribution in [2.75, 3.05) is 7.11 Å². The Balaban J connectivity index is 2.16. The van der Waals surface area contributed by atoms with Crippen LogP contribution in [0.2, 0.25) is 0 Å². The number of halogens is 1. The summed E-state index contributed by atoms with van der Waals surface area (Å²) in [5.74, 6) is 10.9. The fourth-order valence-corrected chi connectivity index (χ4v) is 2.73. The van der Waals surface area contributed by atoms with Crippen LogP contribution in [0.3, 0.4) is 0 Å². The summed E-state index contributed by atoms with van der Waals surface area (Å²) in [6.07, 6.45) is 0. The molecule has 2 aromatic heterocycles. The van der Waals surface area contributed by atoms with Gasteiger partial charge in [0.2, 0.25) is 0 Å². The zero-order chi connectivity index (χ0) is 20.4. The van der Waals surface area contributed by atoms with Gasteiger partial charge in [-0.15, -0.1) is 5.92 Å². The first-order valence-corrected chi connectivity index (χ1v) is 8.30. The van der Waals surface area contributed by atoms with Crippen LogP contribution in [0, 0.1) is 29.5 Å². The van der Waals surface area contributed by atoms with Gasteiger partial charge >= 0.3 is 5.69 Å². The molecule has 0 aliphatic rings. The van der Waals surface area contributed by atoms with Crippen molar-refractivity contribution in [3.05, 3.63) is 56.2 Å². The number of aryl methyl sites for hydroxylation is 2. The number of aromatic nitrogens is 4. The second kappa shape index (κ2) is 7.45. The van der Waals surface area contributed by atoms with Crippen LogP contribution in [0.15, 0.2) is 27.8 Å². The molecule has 142 valence electrons. The number of methoxy groups -OCH3 is 1. The van der Waals surface area contributed by atoms with E-state index in [1.165, 1.54) is 35.4 Å². The molecule has 1 aromatic carbocycles. The molecule has 0 aliphatic heterocycles. The van der Waals surface area contributed by atoms with E-state index in [2.05, 4.69) is 28.7 Å². The first-order chi connectivity index (χ1) is 13.4. The first-order valence-electron chi connectivity index (χ1n) is 8.30. The largest absolute Gasteiger partial charge is 0.494 e. The fraction of sp³-hybridized carbons (Fsp3) is 0.250. The number of benzene rings is 1.